The Kier molecular flexibility index (Phi) is 3.09. The van der Waals surface area contributed by atoms with Crippen molar-refractivity contribution in [3.05, 3.63) is 54.0 Å². The average Bonchev–Trinajstić information content (AvgIpc) is 3.06. The Morgan fingerprint density at radius 3 is 2.89 bits per heavy atom. The van der Waals surface area contributed by atoms with E-state index in [1.807, 2.05) is 23.0 Å². The van der Waals surface area contributed by atoms with Crippen molar-refractivity contribution in [3.63, 3.8) is 0 Å². The zero-order valence-electron chi connectivity index (χ0n) is 11.0. The van der Waals surface area contributed by atoms with Crippen molar-refractivity contribution < 1.29 is 5.11 Å². The lowest BCUT2D eigenvalue weighted by atomic mass is 10.1. The second-order valence-corrected chi connectivity index (χ2v) is 4.66. The molecular formula is C15H17N3O. The molecule has 0 unspecified atom stereocenters. The van der Waals surface area contributed by atoms with Crippen LogP contribution in [0.4, 0.5) is 0 Å². The third-order valence-electron chi connectivity index (χ3n) is 3.44. The average molecular weight is 255 g/mol. The van der Waals surface area contributed by atoms with Crippen molar-refractivity contribution >= 4 is 10.9 Å². The topological polar surface area (TPSA) is 43.0 Å². The van der Waals surface area contributed by atoms with Crippen molar-refractivity contribution in [2.45, 2.75) is 26.6 Å². The van der Waals surface area contributed by atoms with Crippen LogP contribution in [-0.4, -0.2) is 19.5 Å². The zero-order valence-corrected chi connectivity index (χ0v) is 11.0. The van der Waals surface area contributed by atoms with Crippen molar-refractivity contribution in [2.75, 3.05) is 0 Å². The van der Waals surface area contributed by atoms with Crippen LogP contribution in [0.5, 0.6) is 0 Å². The van der Waals surface area contributed by atoms with Gasteiger partial charge >= 0.3 is 0 Å². The van der Waals surface area contributed by atoms with E-state index in [-0.39, 0.29) is 6.61 Å². The third kappa shape index (κ3) is 2.15. The first-order chi connectivity index (χ1) is 9.31. The van der Waals surface area contributed by atoms with Gasteiger partial charge in [0.05, 0.1) is 19.3 Å². The molecule has 0 aliphatic heterocycles. The van der Waals surface area contributed by atoms with Crippen molar-refractivity contribution in [1.82, 2.24) is 14.3 Å². The van der Waals surface area contributed by atoms with Crippen LogP contribution in [0.3, 0.4) is 0 Å². The molecule has 0 aliphatic carbocycles. The van der Waals surface area contributed by atoms with Gasteiger partial charge in [-0.05, 0) is 24.6 Å². The van der Waals surface area contributed by atoms with Gasteiger partial charge in [-0.2, -0.15) is 5.10 Å². The third-order valence-corrected chi connectivity index (χ3v) is 3.44. The minimum atomic E-state index is 0.0785. The predicted molar refractivity (Wildman–Crippen MR) is 74.9 cm³/mol. The maximum atomic E-state index is 9.35. The molecular weight excluding hydrogens is 238 g/mol. The molecule has 0 aliphatic rings. The molecule has 98 valence electrons. The van der Waals surface area contributed by atoms with E-state index in [4.69, 9.17) is 0 Å². The molecule has 0 amide bonds. The molecule has 0 spiro atoms. The highest BCUT2D eigenvalue weighted by molar-refractivity contribution is 5.83. The minimum Gasteiger partial charge on any atom is -0.392 e. The summed E-state index contributed by atoms with van der Waals surface area (Å²) in [6.07, 6.45) is 6.04. The summed E-state index contributed by atoms with van der Waals surface area (Å²) >= 11 is 0. The van der Waals surface area contributed by atoms with Crippen LogP contribution in [0.2, 0.25) is 0 Å². The van der Waals surface area contributed by atoms with Crippen LogP contribution in [0.15, 0.2) is 42.9 Å². The monoisotopic (exact) mass is 255 g/mol. The van der Waals surface area contributed by atoms with Crippen LogP contribution < -0.4 is 0 Å². The fourth-order valence-electron chi connectivity index (χ4n) is 2.42. The molecule has 1 N–H and O–H groups in total. The van der Waals surface area contributed by atoms with E-state index in [0.717, 1.165) is 29.6 Å². The molecule has 0 radical (unpaired) electrons. The molecule has 1 aromatic carbocycles. The Balaban J connectivity index is 1.97. The minimum absolute atomic E-state index is 0.0785. The number of aryl methyl sites for hydroxylation is 1. The van der Waals surface area contributed by atoms with E-state index in [1.54, 1.807) is 0 Å². The molecule has 2 heterocycles. The molecule has 0 saturated carbocycles. The van der Waals surface area contributed by atoms with Gasteiger partial charge in [0.15, 0.2) is 0 Å². The fourth-order valence-corrected chi connectivity index (χ4v) is 2.42. The molecule has 4 heteroatoms. The number of aromatic nitrogens is 3. The van der Waals surface area contributed by atoms with E-state index in [9.17, 15) is 5.11 Å². The number of hydrogen-bond acceptors (Lipinski definition) is 2. The highest BCUT2D eigenvalue weighted by Gasteiger charge is 2.06. The number of aliphatic hydroxyl groups is 1. The van der Waals surface area contributed by atoms with Gasteiger partial charge in [0.2, 0.25) is 0 Å². The predicted octanol–water partition coefficient (Wildman–Crippen LogP) is 2.40. The maximum absolute atomic E-state index is 9.35. The molecule has 3 aromatic rings. The number of hydrogen-bond donors (Lipinski definition) is 1. The number of rotatable bonds is 4. The molecule has 19 heavy (non-hydrogen) atoms. The summed E-state index contributed by atoms with van der Waals surface area (Å²) < 4.78 is 4.12. The number of benzene rings is 1. The van der Waals surface area contributed by atoms with Crippen molar-refractivity contribution in [3.8, 4) is 0 Å². The highest BCUT2D eigenvalue weighted by atomic mass is 16.3. The summed E-state index contributed by atoms with van der Waals surface area (Å²) in [6, 6.07) is 8.09. The Hall–Kier alpha value is -2.07. The molecule has 3 rings (SSSR count). The van der Waals surface area contributed by atoms with Crippen LogP contribution in [0.25, 0.3) is 10.9 Å². The van der Waals surface area contributed by atoms with E-state index in [0.29, 0.717) is 0 Å². The zero-order chi connectivity index (χ0) is 13.2. The lowest BCUT2D eigenvalue weighted by molar-refractivity contribution is 0.283. The highest BCUT2D eigenvalue weighted by Crippen LogP contribution is 2.21. The van der Waals surface area contributed by atoms with Gasteiger partial charge in [0.1, 0.15) is 0 Å². The smallest absolute Gasteiger partial charge is 0.0688 e. The Labute approximate surface area is 111 Å². The molecule has 0 saturated heterocycles. The molecule has 4 nitrogen and oxygen atoms in total. The summed E-state index contributed by atoms with van der Waals surface area (Å²) in [6.45, 7) is 3.85. The van der Waals surface area contributed by atoms with E-state index in [1.165, 1.54) is 5.56 Å². The lowest BCUT2D eigenvalue weighted by Gasteiger charge is -2.04. The van der Waals surface area contributed by atoms with E-state index >= 15 is 0 Å². The Bertz CT molecular complexity index is 696. The van der Waals surface area contributed by atoms with Crippen LogP contribution in [-0.2, 0) is 19.7 Å². The quantitative estimate of drug-likeness (QED) is 0.778. The number of fused-ring (bicyclic) bond motifs is 1. The first-order valence-electron chi connectivity index (χ1n) is 6.50. The second kappa shape index (κ2) is 4.90. The van der Waals surface area contributed by atoms with Gasteiger partial charge in [-0.25, -0.2) is 0 Å². The van der Waals surface area contributed by atoms with E-state index in [2.05, 4.69) is 41.1 Å². The lowest BCUT2D eigenvalue weighted by Crippen LogP contribution is -1.97. The molecule has 2 aromatic heterocycles. The standard InChI is InChI=1S/C15H17N3O/c1-2-18-10-12(8-16-18)9-17-7-6-14-13(11-19)4-3-5-15(14)17/h3-8,10,19H,2,9,11H2,1H3. The number of nitrogens with zero attached hydrogens (tertiary/aromatic N) is 3. The fraction of sp³-hybridized carbons (Fsp3) is 0.267. The van der Waals surface area contributed by atoms with Gasteiger partial charge < -0.3 is 9.67 Å². The SMILES string of the molecule is CCn1cc(Cn2ccc3c(CO)cccc32)cn1. The van der Waals surface area contributed by atoms with Gasteiger partial charge in [-0.3, -0.25) is 4.68 Å². The normalized spacial score (nSPS) is 11.3. The summed E-state index contributed by atoms with van der Waals surface area (Å²) in [7, 11) is 0. The Morgan fingerprint density at radius 1 is 1.26 bits per heavy atom. The van der Waals surface area contributed by atoms with Crippen molar-refractivity contribution in [1.29, 1.82) is 0 Å². The van der Waals surface area contributed by atoms with Crippen LogP contribution >= 0.6 is 0 Å². The van der Waals surface area contributed by atoms with E-state index < -0.39 is 0 Å². The van der Waals surface area contributed by atoms with Crippen molar-refractivity contribution in [2.24, 2.45) is 0 Å². The van der Waals surface area contributed by atoms with Gasteiger partial charge in [-0.1, -0.05) is 12.1 Å². The summed E-state index contributed by atoms with van der Waals surface area (Å²) in [5.41, 5.74) is 3.31. The second-order valence-electron chi connectivity index (χ2n) is 4.66. The van der Waals surface area contributed by atoms with Gasteiger partial charge in [-0.15, -0.1) is 0 Å². The summed E-state index contributed by atoms with van der Waals surface area (Å²) in [5, 5.41) is 14.8. The first-order valence-corrected chi connectivity index (χ1v) is 6.50. The summed E-state index contributed by atoms with van der Waals surface area (Å²) in [5.74, 6) is 0. The Morgan fingerprint density at radius 2 is 2.16 bits per heavy atom. The summed E-state index contributed by atoms with van der Waals surface area (Å²) in [4.78, 5) is 0. The largest absolute Gasteiger partial charge is 0.392 e. The van der Waals surface area contributed by atoms with Crippen LogP contribution in [0, 0.1) is 0 Å². The first kappa shape index (κ1) is 12.0. The molecule has 0 fully saturated rings. The maximum Gasteiger partial charge on any atom is 0.0688 e. The number of aliphatic hydroxyl groups excluding tert-OH is 1. The molecule has 0 atom stereocenters. The van der Waals surface area contributed by atoms with Gasteiger partial charge in [0.25, 0.3) is 0 Å². The van der Waals surface area contributed by atoms with Gasteiger partial charge in [0, 0.05) is 35.4 Å². The molecule has 0 bridgehead atoms. The van der Waals surface area contributed by atoms with Crippen LogP contribution in [0.1, 0.15) is 18.1 Å².